The van der Waals surface area contributed by atoms with Gasteiger partial charge in [0.2, 0.25) is 0 Å². The molecule has 18 heavy (non-hydrogen) atoms. The minimum Gasteiger partial charge on any atom is -0.477 e. The van der Waals surface area contributed by atoms with E-state index in [1.165, 1.54) is 11.3 Å². The highest BCUT2D eigenvalue weighted by Gasteiger charge is 2.16. The van der Waals surface area contributed by atoms with Crippen LogP contribution in [0, 0.1) is 6.92 Å². The molecule has 2 aromatic heterocycles. The Kier molecular flexibility index (Phi) is 2.41. The van der Waals surface area contributed by atoms with Gasteiger partial charge in [-0.05, 0) is 13.0 Å². The van der Waals surface area contributed by atoms with Crippen LogP contribution in [-0.4, -0.2) is 21.0 Å². The van der Waals surface area contributed by atoms with E-state index < -0.39 is 5.97 Å². The molecule has 4 nitrogen and oxygen atoms in total. The second-order valence-electron chi connectivity index (χ2n) is 3.99. The summed E-state index contributed by atoms with van der Waals surface area (Å²) in [6.45, 7) is 1.72. The Hall–Kier alpha value is -2.14. The van der Waals surface area contributed by atoms with Gasteiger partial charge in [0.15, 0.2) is 0 Å². The summed E-state index contributed by atoms with van der Waals surface area (Å²) in [5, 5.41) is 10.8. The van der Waals surface area contributed by atoms with Crippen molar-refractivity contribution in [2.24, 2.45) is 0 Å². The summed E-state index contributed by atoms with van der Waals surface area (Å²) < 4.78 is 0. The molecule has 2 N–H and O–H groups in total. The monoisotopic (exact) mass is 258 g/mol. The fraction of sp³-hybridized carbons (Fsp3) is 0.0769. The van der Waals surface area contributed by atoms with Crippen molar-refractivity contribution in [3.05, 3.63) is 41.0 Å². The summed E-state index contributed by atoms with van der Waals surface area (Å²) in [7, 11) is 0. The molecule has 1 aromatic carbocycles. The molecule has 0 saturated carbocycles. The van der Waals surface area contributed by atoms with E-state index in [9.17, 15) is 4.79 Å². The molecule has 0 unspecified atom stereocenters. The van der Waals surface area contributed by atoms with E-state index in [2.05, 4.69) is 9.97 Å². The molecule has 0 aliphatic rings. The number of thiazole rings is 1. The Morgan fingerprint density at radius 2 is 2.17 bits per heavy atom. The topological polar surface area (TPSA) is 66.0 Å². The highest BCUT2D eigenvalue weighted by Crippen LogP contribution is 2.33. The summed E-state index contributed by atoms with van der Waals surface area (Å²) in [6.07, 6.45) is 1.87. The zero-order chi connectivity index (χ0) is 12.7. The molecule has 3 aromatic rings. The van der Waals surface area contributed by atoms with E-state index in [4.69, 9.17) is 5.11 Å². The lowest BCUT2D eigenvalue weighted by Gasteiger charge is -1.92. The first-order chi connectivity index (χ1) is 8.66. The van der Waals surface area contributed by atoms with Crippen molar-refractivity contribution in [3.63, 3.8) is 0 Å². The minimum absolute atomic E-state index is 0.301. The van der Waals surface area contributed by atoms with Crippen molar-refractivity contribution < 1.29 is 9.90 Å². The van der Waals surface area contributed by atoms with Crippen LogP contribution in [-0.2, 0) is 0 Å². The minimum atomic E-state index is -0.920. The predicted molar refractivity (Wildman–Crippen MR) is 71.1 cm³/mol. The quantitative estimate of drug-likeness (QED) is 0.741. The number of rotatable bonds is 2. The normalized spacial score (nSPS) is 10.9. The number of aromatic amines is 1. The number of carbonyl (C=O) groups is 1. The van der Waals surface area contributed by atoms with Gasteiger partial charge in [-0.2, -0.15) is 0 Å². The van der Waals surface area contributed by atoms with Crippen LogP contribution in [0.4, 0.5) is 0 Å². The molecular weight excluding hydrogens is 248 g/mol. The predicted octanol–water partition coefficient (Wildman–Crippen LogP) is 3.30. The Balaban J connectivity index is 2.20. The smallest absolute Gasteiger partial charge is 0.347 e. The number of aromatic nitrogens is 2. The fourth-order valence-corrected chi connectivity index (χ4v) is 2.89. The van der Waals surface area contributed by atoms with Gasteiger partial charge in [0.05, 0.1) is 5.69 Å². The molecule has 0 saturated heterocycles. The van der Waals surface area contributed by atoms with E-state index in [0.29, 0.717) is 10.6 Å². The fourth-order valence-electron chi connectivity index (χ4n) is 1.96. The molecule has 3 rings (SSSR count). The molecule has 0 bridgehead atoms. The number of nitrogens with zero attached hydrogens (tertiary/aromatic N) is 1. The first-order valence-electron chi connectivity index (χ1n) is 5.44. The molecule has 0 amide bonds. The van der Waals surface area contributed by atoms with Crippen LogP contribution in [0.25, 0.3) is 21.5 Å². The SMILES string of the molecule is Cc1nc(-c2c[nH]c3ccccc23)sc1C(=O)O. The van der Waals surface area contributed by atoms with Crippen LogP contribution in [0.1, 0.15) is 15.4 Å². The Morgan fingerprint density at radius 1 is 1.39 bits per heavy atom. The Labute approximate surface area is 107 Å². The number of H-pyrrole nitrogens is 1. The van der Waals surface area contributed by atoms with Gasteiger partial charge in [-0.1, -0.05) is 18.2 Å². The van der Waals surface area contributed by atoms with Crippen LogP contribution >= 0.6 is 11.3 Å². The number of nitrogens with one attached hydrogen (secondary N) is 1. The zero-order valence-electron chi connectivity index (χ0n) is 9.60. The summed E-state index contributed by atoms with van der Waals surface area (Å²) in [5.41, 5.74) is 2.54. The molecule has 0 spiro atoms. The van der Waals surface area contributed by atoms with Crippen LogP contribution in [0.5, 0.6) is 0 Å². The summed E-state index contributed by atoms with van der Waals surface area (Å²) >= 11 is 1.21. The van der Waals surface area contributed by atoms with E-state index in [1.54, 1.807) is 6.92 Å². The van der Waals surface area contributed by atoms with Gasteiger partial charge < -0.3 is 10.1 Å². The molecule has 0 aliphatic heterocycles. The molecule has 2 heterocycles. The van der Waals surface area contributed by atoms with Crippen molar-refractivity contribution in [1.29, 1.82) is 0 Å². The summed E-state index contributed by atoms with van der Waals surface area (Å²) in [5.74, 6) is -0.920. The highest BCUT2D eigenvalue weighted by atomic mass is 32.1. The second kappa shape index (κ2) is 3.96. The lowest BCUT2D eigenvalue weighted by Crippen LogP contribution is -1.94. The van der Waals surface area contributed by atoms with Gasteiger partial charge in [-0.15, -0.1) is 11.3 Å². The number of aromatic carboxylic acids is 1. The van der Waals surface area contributed by atoms with E-state index in [0.717, 1.165) is 21.5 Å². The Morgan fingerprint density at radius 3 is 2.89 bits per heavy atom. The maximum atomic E-state index is 11.0. The third kappa shape index (κ3) is 1.60. The van der Waals surface area contributed by atoms with E-state index in [1.807, 2.05) is 30.5 Å². The average molecular weight is 258 g/mol. The number of fused-ring (bicyclic) bond motifs is 1. The van der Waals surface area contributed by atoms with Crippen molar-refractivity contribution in [1.82, 2.24) is 9.97 Å². The van der Waals surface area contributed by atoms with Crippen LogP contribution < -0.4 is 0 Å². The third-order valence-corrected chi connectivity index (χ3v) is 3.99. The standard InChI is InChI=1S/C13H10N2O2S/c1-7-11(13(16)17)18-12(15-7)9-6-14-10-5-3-2-4-8(9)10/h2-6,14H,1H3,(H,16,17). The first kappa shape index (κ1) is 11.0. The number of carboxylic acids is 1. The largest absolute Gasteiger partial charge is 0.477 e. The number of aryl methyl sites for hydroxylation is 1. The summed E-state index contributed by atoms with van der Waals surface area (Å²) in [6, 6.07) is 7.90. The molecule has 0 aliphatic carbocycles. The van der Waals surface area contributed by atoms with Gasteiger partial charge in [0.1, 0.15) is 9.88 Å². The van der Waals surface area contributed by atoms with Gasteiger partial charge in [-0.3, -0.25) is 0 Å². The van der Waals surface area contributed by atoms with Crippen molar-refractivity contribution in [3.8, 4) is 10.6 Å². The molecule has 0 radical (unpaired) electrons. The van der Waals surface area contributed by atoms with Gasteiger partial charge in [-0.25, -0.2) is 9.78 Å². The lowest BCUT2D eigenvalue weighted by molar-refractivity contribution is 0.0701. The highest BCUT2D eigenvalue weighted by molar-refractivity contribution is 7.17. The van der Waals surface area contributed by atoms with Crippen molar-refractivity contribution in [2.75, 3.05) is 0 Å². The molecule has 90 valence electrons. The molecule has 5 heteroatoms. The number of carboxylic acid groups (broad SMARTS) is 1. The van der Waals surface area contributed by atoms with Gasteiger partial charge in [0.25, 0.3) is 0 Å². The zero-order valence-corrected chi connectivity index (χ0v) is 10.4. The van der Waals surface area contributed by atoms with Crippen LogP contribution in [0.15, 0.2) is 30.5 Å². The maximum Gasteiger partial charge on any atom is 0.347 e. The molecule has 0 atom stereocenters. The van der Waals surface area contributed by atoms with Gasteiger partial charge >= 0.3 is 5.97 Å². The lowest BCUT2D eigenvalue weighted by atomic mass is 10.2. The summed E-state index contributed by atoms with van der Waals surface area (Å²) in [4.78, 5) is 18.8. The average Bonchev–Trinajstić information content (AvgIpc) is 2.92. The number of hydrogen-bond acceptors (Lipinski definition) is 3. The van der Waals surface area contributed by atoms with Crippen LogP contribution in [0.3, 0.4) is 0 Å². The number of hydrogen-bond donors (Lipinski definition) is 2. The second-order valence-corrected chi connectivity index (χ2v) is 4.99. The maximum absolute atomic E-state index is 11.0. The van der Waals surface area contributed by atoms with Crippen LogP contribution in [0.2, 0.25) is 0 Å². The number of benzene rings is 1. The third-order valence-electron chi connectivity index (χ3n) is 2.81. The number of para-hydroxylation sites is 1. The Bertz CT molecular complexity index is 742. The molecular formula is C13H10N2O2S. The van der Waals surface area contributed by atoms with E-state index in [-0.39, 0.29) is 0 Å². The molecule has 0 fully saturated rings. The van der Waals surface area contributed by atoms with E-state index >= 15 is 0 Å². The van der Waals surface area contributed by atoms with Crippen molar-refractivity contribution in [2.45, 2.75) is 6.92 Å². The first-order valence-corrected chi connectivity index (χ1v) is 6.25. The van der Waals surface area contributed by atoms with Crippen molar-refractivity contribution >= 4 is 28.2 Å². The van der Waals surface area contributed by atoms with Gasteiger partial charge in [0, 0.05) is 22.7 Å².